The van der Waals surface area contributed by atoms with E-state index in [0.29, 0.717) is 18.0 Å². The number of aromatic nitrogens is 1. The number of pyridine rings is 1. The molecule has 6 heteroatoms. The van der Waals surface area contributed by atoms with Crippen LogP contribution in [-0.2, 0) is 4.79 Å². The first-order valence-corrected chi connectivity index (χ1v) is 7.44. The van der Waals surface area contributed by atoms with E-state index in [9.17, 15) is 4.79 Å². The van der Waals surface area contributed by atoms with Gasteiger partial charge in [0.1, 0.15) is 11.5 Å². The predicted molar refractivity (Wildman–Crippen MR) is 82.6 cm³/mol. The van der Waals surface area contributed by atoms with Gasteiger partial charge in [-0.2, -0.15) is 0 Å². The number of esters is 1. The van der Waals surface area contributed by atoms with Crippen LogP contribution in [0.2, 0.25) is 0 Å². The monoisotopic (exact) mass is 304 g/mol. The molecule has 0 saturated carbocycles. The lowest BCUT2D eigenvalue weighted by Gasteiger charge is -2.06. The fourth-order valence-corrected chi connectivity index (χ4v) is 2.16. The molecule has 0 aliphatic carbocycles. The van der Waals surface area contributed by atoms with E-state index in [1.54, 1.807) is 42.6 Å². The second-order valence-corrected chi connectivity index (χ2v) is 5.09. The maximum atomic E-state index is 11.7. The highest BCUT2D eigenvalue weighted by molar-refractivity contribution is 7.99. The maximum Gasteiger partial charge on any atom is 0.321 e. The van der Waals surface area contributed by atoms with Crippen molar-refractivity contribution in [2.75, 3.05) is 18.1 Å². The Kier molecular flexibility index (Phi) is 5.45. The second kappa shape index (κ2) is 7.54. The molecule has 0 bridgehead atoms. The summed E-state index contributed by atoms with van der Waals surface area (Å²) in [6.07, 6.45) is 1.56. The first kappa shape index (κ1) is 15.2. The number of nitrogen functional groups attached to an aromatic ring is 1. The zero-order valence-corrected chi connectivity index (χ0v) is 12.4. The summed E-state index contributed by atoms with van der Waals surface area (Å²) < 4.78 is 10.5. The first-order chi connectivity index (χ1) is 10.2. The smallest absolute Gasteiger partial charge is 0.321 e. The van der Waals surface area contributed by atoms with Gasteiger partial charge in [-0.05, 0) is 43.3 Å². The fourth-order valence-electron chi connectivity index (χ4n) is 1.54. The molecular formula is C15H16N2O3S. The Morgan fingerprint density at radius 3 is 2.52 bits per heavy atom. The van der Waals surface area contributed by atoms with Crippen molar-refractivity contribution < 1.29 is 14.3 Å². The molecule has 2 rings (SSSR count). The maximum absolute atomic E-state index is 11.7. The van der Waals surface area contributed by atoms with Crippen molar-refractivity contribution in [2.45, 2.75) is 11.9 Å². The highest BCUT2D eigenvalue weighted by Crippen LogP contribution is 2.20. The SMILES string of the molecule is CCOc1ccc(OC(=O)CSc2ccc(N)cn2)cc1. The van der Waals surface area contributed by atoms with Crippen LogP contribution in [0.1, 0.15) is 6.92 Å². The summed E-state index contributed by atoms with van der Waals surface area (Å²) >= 11 is 1.30. The summed E-state index contributed by atoms with van der Waals surface area (Å²) in [6, 6.07) is 10.4. The minimum Gasteiger partial charge on any atom is -0.494 e. The van der Waals surface area contributed by atoms with E-state index in [1.165, 1.54) is 11.8 Å². The number of ether oxygens (including phenoxy) is 2. The van der Waals surface area contributed by atoms with Gasteiger partial charge in [0, 0.05) is 0 Å². The van der Waals surface area contributed by atoms with Crippen LogP contribution in [0.15, 0.2) is 47.6 Å². The van der Waals surface area contributed by atoms with Gasteiger partial charge < -0.3 is 15.2 Å². The predicted octanol–water partition coefficient (Wildman–Crippen LogP) is 2.76. The second-order valence-electron chi connectivity index (χ2n) is 4.10. The van der Waals surface area contributed by atoms with E-state index in [4.69, 9.17) is 15.2 Å². The number of thioether (sulfide) groups is 1. The van der Waals surface area contributed by atoms with Crippen molar-refractivity contribution in [1.29, 1.82) is 0 Å². The van der Waals surface area contributed by atoms with Gasteiger partial charge in [0.05, 0.1) is 29.3 Å². The van der Waals surface area contributed by atoms with Crippen molar-refractivity contribution in [3.05, 3.63) is 42.6 Å². The fraction of sp³-hybridized carbons (Fsp3) is 0.200. The van der Waals surface area contributed by atoms with Crippen molar-refractivity contribution in [3.8, 4) is 11.5 Å². The molecule has 0 unspecified atom stereocenters. The van der Waals surface area contributed by atoms with E-state index >= 15 is 0 Å². The third kappa shape index (κ3) is 5.00. The normalized spacial score (nSPS) is 10.1. The number of benzene rings is 1. The van der Waals surface area contributed by atoms with Crippen LogP contribution in [0, 0.1) is 0 Å². The number of hydrogen-bond donors (Lipinski definition) is 1. The highest BCUT2D eigenvalue weighted by atomic mass is 32.2. The number of nitrogens with zero attached hydrogens (tertiary/aromatic N) is 1. The van der Waals surface area contributed by atoms with Gasteiger partial charge in [-0.15, -0.1) is 0 Å². The summed E-state index contributed by atoms with van der Waals surface area (Å²) in [5, 5.41) is 0.729. The van der Waals surface area contributed by atoms with Crippen molar-refractivity contribution in [2.24, 2.45) is 0 Å². The van der Waals surface area contributed by atoms with Gasteiger partial charge in [-0.3, -0.25) is 4.79 Å². The van der Waals surface area contributed by atoms with Gasteiger partial charge >= 0.3 is 5.97 Å². The third-order valence-corrected chi connectivity index (χ3v) is 3.38. The Morgan fingerprint density at radius 1 is 1.19 bits per heavy atom. The molecule has 5 nitrogen and oxygen atoms in total. The molecule has 0 saturated heterocycles. The van der Waals surface area contributed by atoms with E-state index in [1.807, 2.05) is 6.92 Å². The van der Waals surface area contributed by atoms with Gasteiger partial charge in [-0.25, -0.2) is 4.98 Å². The molecule has 2 aromatic rings. The van der Waals surface area contributed by atoms with Crippen LogP contribution in [-0.4, -0.2) is 23.3 Å². The minimum atomic E-state index is -0.331. The van der Waals surface area contributed by atoms with Crippen molar-refractivity contribution in [1.82, 2.24) is 4.98 Å². The summed E-state index contributed by atoms with van der Waals surface area (Å²) in [6.45, 7) is 2.51. The Labute approximate surface area is 127 Å². The Hall–Kier alpha value is -2.21. The highest BCUT2D eigenvalue weighted by Gasteiger charge is 2.07. The number of carbonyl (C=O) groups is 1. The number of anilines is 1. The molecule has 0 spiro atoms. The van der Waals surface area contributed by atoms with Gasteiger partial charge in [0.2, 0.25) is 0 Å². The lowest BCUT2D eigenvalue weighted by Crippen LogP contribution is -2.10. The molecule has 0 aliphatic heterocycles. The van der Waals surface area contributed by atoms with Crippen LogP contribution < -0.4 is 15.2 Å². The molecule has 1 aromatic heterocycles. The van der Waals surface area contributed by atoms with Gasteiger partial charge in [0.25, 0.3) is 0 Å². The summed E-state index contributed by atoms with van der Waals surface area (Å²) in [5.41, 5.74) is 6.14. The van der Waals surface area contributed by atoms with E-state index < -0.39 is 0 Å². The van der Waals surface area contributed by atoms with Crippen LogP contribution in [0.25, 0.3) is 0 Å². The van der Waals surface area contributed by atoms with E-state index in [-0.39, 0.29) is 11.7 Å². The van der Waals surface area contributed by atoms with Gasteiger partial charge in [0.15, 0.2) is 0 Å². The number of nitrogens with two attached hydrogens (primary N) is 1. The van der Waals surface area contributed by atoms with E-state index in [2.05, 4.69) is 4.98 Å². The number of rotatable bonds is 6. The Bertz CT molecular complexity index is 585. The first-order valence-electron chi connectivity index (χ1n) is 6.45. The minimum absolute atomic E-state index is 0.185. The topological polar surface area (TPSA) is 74.4 Å². The Balaban J connectivity index is 1.82. The molecule has 0 amide bonds. The molecular weight excluding hydrogens is 288 g/mol. The molecule has 0 aliphatic rings. The molecule has 1 heterocycles. The van der Waals surface area contributed by atoms with E-state index in [0.717, 1.165) is 10.8 Å². The Morgan fingerprint density at radius 2 is 1.90 bits per heavy atom. The average molecular weight is 304 g/mol. The molecule has 1 aromatic carbocycles. The quantitative estimate of drug-likeness (QED) is 0.502. The molecule has 2 N–H and O–H groups in total. The molecule has 0 radical (unpaired) electrons. The lowest BCUT2D eigenvalue weighted by atomic mass is 10.3. The average Bonchev–Trinajstić information content (AvgIpc) is 2.49. The van der Waals surface area contributed by atoms with Crippen LogP contribution >= 0.6 is 11.8 Å². The van der Waals surface area contributed by atoms with Crippen LogP contribution in [0.4, 0.5) is 5.69 Å². The van der Waals surface area contributed by atoms with Gasteiger partial charge in [-0.1, -0.05) is 11.8 Å². The standard InChI is InChI=1S/C15H16N2O3S/c1-2-19-12-4-6-13(7-5-12)20-15(18)10-21-14-8-3-11(16)9-17-14/h3-9H,2,10,16H2,1H3. The van der Waals surface area contributed by atoms with Crippen LogP contribution in [0.5, 0.6) is 11.5 Å². The molecule has 21 heavy (non-hydrogen) atoms. The summed E-state index contributed by atoms with van der Waals surface area (Å²) in [7, 11) is 0. The van der Waals surface area contributed by atoms with Crippen LogP contribution in [0.3, 0.4) is 0 Å². The number of hydrogen-bond acceptors (Lipinski definition) is 6. The molecule has 0 atom stereocenters. The summed E-state index contributed by atoms with van der Waals surface area (Å²) in [5.74, 6) is 1.10. The summed E-state index contributed by atoms with van der Waals surface area (Å²) in [4.78, 5) is 15.8. The zero-order chi connectivity index (χ0) is 15.1. The molecule has 0 fully saturated rings. The molecule has 110 valence electrons. The third-order valence-electron chi connectivity index (χ3n) is 2.46. The van der Waals surface area contributed by atoms with Crippen molar-refractivity contribution >= 4 is 23.4 Å². The largest absolute Gasteiger partial charge is 0.494 e. The van der Waals surface area contributed by atoms with Crippen molar-refractivity contribution in [3.63, 3.8) is 0 Å². The lowest BCUT2D eigenvalue weighted by molar-refractivity contribution is -0.131. The zero-order valence-electron chi connectivity index (χ0n) is 11.6. The number of carbonyl (C=O) groups excluding carboxylic acids is 1.